The van der Waals surface area contributed by atoms with Crippen molar-refractivity contribution < 1.29 is 19.3 Å². The molecule has 1 rings (SSSR count). The van der Waals surface area contributed by atoms with E-state index in [1.807, 2.05) is 0 Å². The van der Waals surface area contributed by atoms with Crippen molar-refractivity contribution in [2.45, 2.75) is 12.6 Å². The summed E-state index contributed by atoms with van der Waals surface area (Å²) in [5.74, 6) is -0.359. The van der Waals surface area contributed by atoms with Gasteiger partial charge in [0.05, 0.1) is 12.7 Å². The molecule has 16 heavy (non-hydrogen) atoms. The van der Waals surface area contributed by atoms with Crippen molar-refractivity contribution in [2.24, 2.45) is 0 Å². The van der Waals surface area contributed by atoms with Gasteiger partial charge in [-0.3, -0.25) is 0 Å². The van der Waals surface area contributed by atoms with Crippen LogP contribution in [0.15, 0.2) is 18.2 Å². The number of nitrogens with one attached hydrogen (secondary N) is 1. The number of hydrogen-bond donors (Lipinski definition) is 3. The highest BCUT2D eigenvalue weighted by Crippen LogP contribution is 2.17. The van der Waals surface area contributed by atoms with Gasteiger partial charge in [0, 0.05) is 25.8 Å². The van der Waals surface area contributed by atoms with E-state index in [0.29, 0.717) is 18.7 Å². The van der Waals surface area contributed by atoms with Crippen LogP contribution in [0.25, 0.3) is 0 Å². The normalized spacial score (nSPS) is 12.7. The van der Waals surface area contributed by atoms with Gasteiger partial charge >= 0.3 is 0 Å². The quantitative estimate of drug-likeness (QED) is 0.669. The van der Waals surface area contributed by atoms with E-state index in [0.717, 1.165) is 0 Å². The van der Waals surface area contributed by atoms with Gasteiger partial charge in [-0.1, -0.05) is 0 Å². The van der Waals surface area contributed by atoms with E-state index in [1.54, 1.807) is 0 Å². The summed E-state index contributed by atoms with van der Waals surface area (Å²) in [6.07, 6.45) is -0.610. The summed E-state index contributed by atoms with van der Waals surface area (Å²) in [5.41, 5.74) is 0.463. The molecule has 0 saturated heterocycles. The number of halogens is 1. The maximum Gasteiger partial charge on any atom is 0.123 e. The summed E-state index contributed by atoms with van der Waals surface area (Å²) < 4.78 is 17.6. The molecule has 0 amide bonds. The Balaban J connectivity index is 2.39. The van der Waals surface area contributed by atoms with Gasteiger partial charge in [-0.25, -0.2) is 4.39 Å². The zero-order valence-electron chi connectivity index (χ0n) is 9.11. The predicted octanol–water partition coefficient (Wildman–Crippen LogP) is 0.628. The summed E-state index contributed by atoms with van der Waals surface area (Å²) in [5, 5.41) is 21.6. The van der Waals surface area contributed by atoms with Crippen LogP contribution in [0.1, 0.15) is 5.56 Å². The van der Waals surface area contributed by atoms with Crippen molar-refractivity contribution in [3.05, 3.63) is 29.6 Å². The Morgan fingerprint density at radius 3 is 2.94 bits per heavy atom. The minimum atomic E-state index is -0.610. The molecular formula is C11H16FNO3. The zero-order chi connectivity index (χ0) is 12.0. The standard InChI is InChI=1S/C11H16FNO3/c1-16-7-10(14)6-13-5-8-4-9(12)2-3-11(8)15/h2-4,10,13-15H,5-7H2,1H3. The Bertz CT molecular complexity index is 333. The number of phenols is 1. The molecule has 0 saturated carbocycles. The number of methoxy groups -OCH3 is 1. The number of phenolic OH excluding ortho intramolecular Hbond substituents is 1. The third-order valence-corrected chi connectivity index (χ3v) is 2.10. The molecule has 0 aliphatic rings. The van der Waals surface area contributed by atoms with Gasteiger partial charge in [0.25, 0.3) is 0 Å². The number of hydrogen-bond acceptors (Lipinski definition) is 4. The zero-order valence-corrected chi connectivity index (χ0v) is 9.11. The van der Waals surface area contributed by atoms with E-state index in [1.165, 1.54) is 25.3 Å². The number of aliphatic hydroxyl groups is 1. The monoisotopic (exact) mass is 229 g/mol. The first kappa shape index (κ1) is 12.9. The highest BCUT2D eigenvalue weighted by molar-refractivity contribution is 5.32. The molecule has 1 aromatic rings. The van der Waals surface area contributed by atoms with Gasteiger partial charge < -0.3 is 20.3 Å². The molecule has 1 atom stereocenters. The Morgan fingerprint density at radius 2 is 2.25 bits per heavy atom. The van der Waals surface area contributed by atoms with Crippen molar-refractivity contribution in [3.63, 3.8) is 0 Å². The number of aromatic hydroxyl groups is 1. The van der Waals surface area contributed by atoms with Crippen LogP contribution in [0.3, 0.4) is 0 Å². The van der Waals surface area contributed by atoms with Crippen LogP contribution in [0.5, 0.6) is 5.75 Å². The molecule has 0 aliphatic heterocycles. The summed E-state index contributed by atoms with van der Waals surface area (Å²) in [6, 6.07) is 3.75. The average Bonchev–Trinajstić information content (AvgIpc) is 2.23. The predicted molar refractivity (Wildman–Crippen MR) is 57.7 cm³/mol. The third kappa shape index (κ3) is 4.14. The van der Waals surface area contributed by atoms with Crippen LogP contribution in [-0.4, -0.2) is 36.6 Å². The van der Waals surface area contributed by atoms with E-state index in [4.69, 9.17) is 4.74 Å². The molecule has 5 heteroatoms. The molecule has 0 fully saturated rings. The van der Waals surface area contributed by atoms with E-state index >= 15 is 0 Å². The fraction of sp³-hybridized carbons (Fsp3) is 0.455. The molecule has 1 aromatic carbocycles. The summed E-state index contributed by atoms with van der Waals surface area (Å²) >= 11 is 0. The number of benzene rings is 1. The Kier molecular flexibility index (Phi) is 5.18. The fourth-order valence-corrected chi connectivity index (χ4v) is 1.32. The van der Waals surface area contributed by atoms with Crippen LogP contribution in [0.4, 0.5) is 4.39 Å². The molecule has 4 nitrogen and oxygen atoms in total. The molecule has 1 unspecified atom stereocenters. The SMILES string of the molecule is COCC(O)CNCc1cc(F)ccc1O. The van der Waals surface area contributed by atoms with E-state index in [2.05, 4.69) is 5.32 Å². The van der Waals surface area contributed by atoms with E-state index in [-0.39, 0.29) is 12.4 Å². The molecule has 0 heterocycles. The first-order chi connectivity index (χ1) is 7.63. The summed E-state index contributed by atoms with van der Waals surface area (Å²) in [6.45, 7) is 0.857. The lowest BCUT2D eigenvalue weighted by Crippen LogP contribution is -2.29. The van der Waals surface area contributed by atoms with Gasteiger partial charge in [0.2, 0.25) is 0 Å². The highest BCUT2D eigenvalue weighted by Gasteiger charge is 2.05. The van der Waals surface area contributed by atoms with Gasteiger partial charge in [-0.15, -0.1) is 0 Å². The van der Waals surface area contributed by atoms with Crippen molar-refractivity contribution in [1.29, 1.82) is 0 Å². The van der Waals surface area contributed by atoms with Gasteiger partial charge in [0.15, 0.2) is 0 Å². The lowest BCUT2D eigenvalue weighted by Gasteiger charge is -2.11. The molecule has 0 aromatic heterocycles. The molecular weight excluding hydrogens is 213 g/mol. The van der Waals surface area contributed by atoms with Crippen LogP contribution in [0, 0.1) is 5.82 Å². The highest BCUT2D eigenvalue weighted by atomic mass is 19.1. The number of ether oxygens (including phenoxy) is 1. The van der Waals surface area contributed by atoms with Crippen LogP contribution in [-0.2, 0) is 11.3 Å². The van der Waals surface area contributed by atoms with Crippen molar-refractivity contribution in [3.8, 4) is 5.75 Å². The fourth-order valence-electron chi connectivity index (χ4n) is 1.32. The minimum absolute atomic E-state index is 0.0372. The number of rotatable bonds is 6. The Hall–Kier alpha value is -1.17. The first-order valence-electron chi connectivity index (χ1n) is 4.98. The number of aliphatic hydroxyl groups excluding tert-OH is 1. The van der Waals surface area contributed by atoms with Crippen LogP contribution in [0.2, 0.25) is 0 Å². The van der Waals surface area contributed by atoms with Crippen LogP contribution >= 0.6 is 0 Å². The molecule has 0 bridgehead atoms. The third-order valence-electron chi connectivity index (χ3n) is 2.10. The molecule has 3 N–H and O–H groups in total. The van der Waals surface area contributed by atoms with Gasteiger partial charge in [-0.2, -0.15) is 0 Å². The minimum Gasteiger partial charge on any atom is -0.508 e. The lowest BCUT2D eigenvalue weighted by molar-refractivity contribution is 0.0644. The summed E-state index contributed by atoms with van der Waals surface area (Å²) in [4.78, 5) is 0. The second-order valence-electron chi connectivity index (χ2n) is 3.51. The second-order valence-corrected chi connectivity index (χ2v) is 3.51. The summed E-state index contributed by atoms with van der Waals surface area (Å²) in [7, 11) is 1.50. The topological polar surface area (TPSA) is 61.7 Å². The Morgan fingerprint density at radius 1 is 1.50 bits per heavy atom. The van der Waals surface area contributed by atoms with Crippen molar-refractivity contribution >= 4 is 0 Å². The van der Waals surface area contributed by atoms with Gasteiger partial charge in [0.1, 0.15) is 11.6 Å². The van der Waals surface area contributed by atoms with Crippen molar-refractivity contribution in [1.82, 2.24) is 5.32 Å². The molecule has 0 spiro atoms. The van der Waals surface area contributed by atoms with E-state index < -0.39 is 11.9 Å². The Labute approximate surface area is 93.7 Å². The molecule has 0 aliphatic carbocycles. The van der Waals surface area contributed by atoms with E-state index in [9.17, 15) is 14.6 Å². The second kappa shape index (κ2) is 6.42. The average molecular weight is 229 g/mol. The van der Waals surface area contributed by atoms with Gasteiger partial charge in [-0.05, 0) is 18.2 Å². The molecule has 0 radical (unpaired) electrons. The van der Waals surface area contributed by atoms with Crippen molar-refractivity contribution in [2.75, 3.05) is 20.3 Å². The smallest absolute Gasteiger partial charge is 0.123 e. The molecule has 90 valence electrons. The lowest BCUT2D eigenvalue weighted by atomic mass is 10.2. The maximum absolute atomic E-state index is 12.8. The first-order valence-corrected chi connectivity index (χ1v) is 4.98. The maximum atomic E-state index is 12.8. The largest absolute Gasteiger partial charge is 0.508 e. The van der Waals surface area contributed by atoms with Crippen LogP contribution < -0.4 is 5.32 Å².